The second-order valence-electron chi connectivity index (χ2n) is 3.70. The highest BCUT2D eigenvalue weighted by atomic mass is 79.9. The van der Waals surface area contributed by atoms with Crippen LogP contribution in [0.5, 0.6) is 0 Å². The van der Waals surface area contributed by atoms with Crippen molar-refractivity contribution >= 4 is 33.7 Å². The number of aromatic nitrogens is 4. The molecule has 0 unspecified atom stereocenters. The van der Waals surface area contributed by atoms with E-state index in [0.717, 1.165) is 5.56 Å². The van der Waals surface area contributed by atoms with Gasteiger partial charge >= 0.3 is 5.97 Å². The molecule has 0 spiro atoms. The number of esters is 1. The Hall–Kier alpha value is -1.48. The molecule has 0 aliphatic heterocycles. The lowest BCUT2D eigenvalue weighted by atomic mass is 10.2. The van der Waals surface area contributed by atoms with Gasteiger partial charge in [0.15, 0.2) is 0 Å². The van der Waals surface area contributed by atoms with Crippen LogP contribution in [0, 0.1) is 5.82 Å². The topological polar surface area (TPSA) is 69.9 Å². The Morgan fingerprint density at radius 2 is 2.35 bits per heavy atom. The Kier molecular flexibility index (Phi) is 5.07. The number of tetrazole rings is 1. The highest BCUT2D eigenvalue weighted by molar-refractivity contribution is 9.10. The fourth-order valence-electron chi connectivity index (χ4n) is 1.39. The lowest BCUT2D eigenvalue weighted by molar-refractivity contribution is -0.141. The second-order valence-corrected chi connectivity index (χ2v) is 5.43. The molecule has 1 heterocycles. The summed E-state index contributed by atoms with van der Waals surface area (Å²) >= 11 is 4.50. The molecule has 0 amide bonds. The summed E-state index contributed by atoms with van der Waals surface area (Å²) in [6, 6.07) is 4.81. The van der Waals surface area contributed by atoms with E-state index < -0.39 is 5.97 Å². The number of ether oxygens (including phenoxy) is 1. The zero-order valence-electron chi connectivity index (χ0n) is 10.4. The zero-order valence-corrected chi connectivity index (χ0v) is 12.8. The average molecular weight is 361 g/mol. The Bertz CT molecular complexity index is 622. The van der Waals surface area contributed by atoms with Crippen LogP contribution in [-0.4, -0.2) is 33.3 Å². The molecule has 0 bridgehead atoms. The highest BCUT2D eigenvalue weighted by Gasteiger charge is 2.12. The number of benzene rings is 1. The molecule has 2 rings (SSSR count). The Morgan fingerprint density at radius 3 is 3.10 bits per heavy atom. The maximum absolute atomic E-state index is 13.4. The molecule has 106 valence electrons. The van der Waals surface area contributed by atoms with Crippen molar-refractivity contribution in [3.05, 3.63) is 34.1 Å². The first-order valence-corrected chi connectivity index (χ1v) is 7.28. The van der Waals surface area contributed by atoms with Crippen molar-refractivity contribution in [2.75, 3.05) is 7.11 Å². The molecule has 0 radical (unpaired) electrons. The first-order valence-electron chi connectivity index (χ1n) is 5.50. The largest absolute Gasteiger partial charge is 0.468 e. The third kappa shape index (κ3) is 3.54. The minimum atomic E-state index is -0.439. The van der Waals surface area contributed by atoms with Gasteiger partial charge in [-0.05, 0) is 38.0 Å². The van der Waals surface area contributed by atoms with Gasteiger partial charge in [-0.15, -0.1) is 5.10 Å². The van der Waals surface area contributed by atoms with Crippen LogP contribution in [0.2, 0.25) is 0 Å². The number of carbonyl (C=O) groups excluding carboxylic acids is 1. The number of carbonyl (C=O) groups is 1. The van der Waals surface area contributed by atoms with Crippen molar-refractivity contribution < 1.29 is 13.9 Å². The summed E-state index contributed by atoms with van der Waals surface area (Å²) in [5, 5.41) is 11.5. The fraction of sp³-hybridized carbons (Fsp3) is 0.273. The average Bonchev–Trinajstić information content (AvgIpc) is 2.87. The van der Waals surface area contributed by atoms with Crippen molar-refractivity contribution in [1.82, 2.24) is 20.2 Å². The van der Waals surface area contributed by atoms with E-state index >= 15 is 0 Å². The van der Waals surface area contributed by atoms with Crippen molar-refractivity contribution in [2.45, 2.75) is 17.5 Å². The summed E-state index contributed by atoms with van der Waals surface area (Å²) in [6.07, 6.45) is 0. The van der Waals surface area contributed by atoms with Crippen molar-refractivity contribution in [3.8, 4) is 0 Å². The van der Waals surface area contributed by atoms with E-state index in [1.165, 1.54) is 29.6 Å². The Morgan fingerprint density at radius 1 is 1.55 bits per heavy atom. The molecule has 6 nitrogen and oxygen atoms in total. The van der Waals surface area contributed by atoms with Crippen LogP contribution in [-0.2, 0) is 21.8 Å². The maximum atomic E-state index is 13.4. The Labute approximate surface area is 126 Å². The first kappa shape index (κ1) is 14.9. The minimum absolute atomic E-state index is 0.0594. The van der Waals surface area contributed by atoms with E-state index in [2.05, 4.69) is 36.2 Å². The van der Waals surface area contributed by atoms with Crippen LogP contribution < -0.4 is 0 Å². The van der Waals surface area contributed by atoms with Gasteiger partial charge < -0.3 is 4.74 Å². The monoisotopic (exact) mass is 360 g/mol. The van der Waals surface area contributed by atoms with Gasteiger partial charge in [0.25, 0.3) is 0 Å². The van der Waals surface area contributed by atoms with E-state index in [4.69, 9.17) is 0 Å². The highest BCUT2D eigenvalue weighted by Crippen LogP contribution is 2.27. The van der Waals surface area contributed by atoms with Gasteiger partial charge in [0, 0.05) is 5.75 Å². The molecule has 0 atom stereocenters. The molecule has 0 saturated heterocycles. The maximum Gasteiger partial charge on any atom is 0.327 e. The van der Waals surface area contributed by atoms with Crippen LogP contribution in [0.15, 0.2) is 27.8 Å². The quantitative estimate of drug-likeness (QED) is 0.600. The molecule has 0 aliphatic rings. The lowest BCUT2D eigenvalue weighted by Crippen LogP contribution is -2.13. The molecule has 1 aromatic carbocycles. The SMILES string of the molecule is COC(=O)Cn1nnnc1SCc1cccc(F)c1Br. The number of hydrogen-bond acceptors (Lipinski definition) is 6. The first-order chi connectivity index (χ1) is 9.61. The number of halogens is 2. The summed E-state index contributed by atoms with van der Waals surface area (Å²) in [5.74, 6) is -0.289. The molecular weight excluding hydrogens is 351 g/mol. The van der Waals surface area contributed by atoms with Gasteiger partial charge in [0.05, 0.1) is 11.6 Å². The van der Waals surface area contributed by atoms with Gasteiger partial charge in [-0.3, -0.25) is 4.79 Å². The molecule has 1 aromatic heterocycles. The molecule has 9 heteroatoms. The van der Waals surface area contributed by atoms with E-state index in [1.54, 1.807) is 12.1 Å². The van der Waals surface area contributed by atoms with Gasteiger partial charge in [-0.25, -0.2) is 9.07 Å². The number of nitrogens with zero attached hydrogens (tertiary/aromatic N) is 4. The molecule has 0 aliphatic carbocycles. The standard InChI is InChI=1S/C11H10BrFN4O2S/c1-19-9(18)5-17-11(14-15-16-17)20-6-7-3-2-4-8(13)10(7)12/h2-4H,5-6H2,1H3. The predicted octanol–water partition coefficient (Wildman–Crippen LogP) is 2.04. The number of methoxy groups -OCH3 is 1. The third-order valence-electron chi connectivity index (χ3n) is 2.39. The molecule has 2 aromatic rings. The normalized spacial score (nSPS) is 10.6. The molecule has 0 N–H and O–H groups in total. The molecular formula is C11H10BrFN4O2S. The summed E-state index contributed by atoms with van der Waals surface area (Å²) in [4.78, 5) is 11.2. The van der Waals surface area contributed by atoms with E-state index in [0.29, 0.717) is 15.4 Å². The fourth-order valence-corrected chi connectivity index (χ4v) is 2.85. The van der Waals surface area contributed by atoms with E-state index in [1.807, 2.05) is 0 Å². The van der Waals surface area contributed by atoms with Crippen LogP contribution in [0.4, 0.5) is 4.39 Å². The number of thioether (sulfide) groups is 1. The van der Waals surface area contributed by atoms with Gasteiger partial charge in [-0.1, -0.05) is 23.9 Å². The second kappa shape index (κ2) is 6.80. The lowest BCUT2D eigenvalue weighted by Gasteiger charge is -2.05. The Balaban J connectivity index is 2.06. The van der Waals surface area contributed by atoms with E-state index in [9.17, 15) is 9.18 Å². The summed E-state index contributed by atoms with van der Waals surface area (Å²) in [6.45, 7) is -0.0594. The molecule has 0 saturated carbocycles. The molecule has 20 heavy (non-hydrogen) atoms. The predicted molar refractivity (Wildman–Crippen MR) is 73.5 cm³/mol. The summed E-state index contributed by atoms with van der Waals surface area (Å²) < 4.78 is 19.7. The zero-order chi connectivity index (χ0) is 14.5. The number of hydrogen-bond donors (Lipinski definition) is 0. The van der Waals surface area contributed by atoms with Crippen molar-refractivity contribution in [2.24, 2.45) is 0 Å². The van der Waals surface area contributed by atoms with Gasteiger partial charge in [-0.2, -0.15) is 0 Å². The van der Waals surface area contributed by atoms with Crippen LogP contribution in [0.25, 0.3) is 0 Å². The third-order valence-corrected chi connectivity index (χ3v) is 4.29. The van der Waals surface area contributed by atoms with Crippen molar-refractivity contribution in [3.63, 3.8) is 0 Å². The summed E-state index contributed by atoms with van der Waals surface area (Å²) in [5.41, 5.74) is 0.780. The minimum Gasteiger partial charge on any atom is -0.468 e. The van der Waals surface area contributed by atoms with Gasteiger partial charge in [0.1, 0.15) is 12.4 Å². The number of rotatable bonds is 5. The van der Waals surface area contributed by atoms with Crippen LogP contribution in [0.1, 0.15) is 5.56 Å². The van der Waals surface area contributed by atoms with Crippen molar-refractivity contribution in [1.29, 1.82) is 0 Å². The van der Waals surface area contributed by atoms with E-state index in [-0.39, 0.29) is 12.4 Å². The van der Waals surface area contributed by atoms with Crippen LogP contribution >= 0.6 is 27.7 Å². The summed E-state index contributed by atoms with van der Waals surface area (Å²) in [7, 11) is 1.30. The van der Waals surface area contributed by atoms with Gasteiger partial charge in [0.2, 0.25) is 5.16 Å². The van der Waals surface area contributed by atoms with Crippen LogP contribution in [0.3, 0.4) is 0 Å². The smallest absolute Gasteiger partial charge is 0.327 e. The molecule has 0 fully saturated rings.